The van der Waals surface area contributed by atoms with Crippen molar-refractivity contribution in [3.05, 3.63) is 35.7 Å². The minimum absolute atomic E-state index is 0.0547. The standard InChI is InChI=1S/C14H12F3N5O/c1-7-5-3-4-6-8(7)22-11-10(20-13(22)14(15,16)17)19-9(18)12(21-11)23-2/h3-6H,1-2H3,(H2,18,19). The molecule has 0 radical (unpaired) electrons. The molecule has 0 aliphatic heterocycles. The topological polar surface area (TPSA) is 78.8 Å². The molecular formula is C14H12F3N5O. The quantitative estimate of drug-likeness (QED) is 0.784. The summed E-state index contributed by atoms with van der Waals surface area (Å²) in [4.78, 5) is 11.5. The first-order valence-corrected chi connectivity index (χ1v) is 6.56. The second kappa shape index (κ2) is 5.11. The zero-order chi connectivity index (χ0) is 16.8. The molecule has 0 amide bonds. The molecule has 120 valence electrons. The van der Waals surface area contributed by atoms with Gasteiger partial charge in [0.05, 0.1) is 12.8 Å². The predicted octanol–water partition coefficient (Wildman–Crippen LogP) is 2.73. The van der Waals surface area contributed by atoms with Crippen LogP contribution in [0.4, 0.5) is 19.0 Å². The van der Waals surface area contributed by atoms with Gasteiger partial charge >= 0.3 is 6.18 Å². The Kier molecular flexibility index (Phi) is 3.35. The molecule has 0 fully saturated rings. The Morgan fingerprint density at radius 3 is 2.43 bits per heavy atom. The summed E-state index contributed by atoms with van der Waals surface area (Å²) in [6.45, 7) is 1.70. The van der Waals surface area contributed by atoms with E-state index in [4.69, 9.17) is 10.5 Å². The molecular weight excluding hydrogens is 311 g/mol. The highest BCUT2D eigenvalue weighted by atomic mass is 19.4. The number of hydrogen-bond donors (Lipinski definition) is 1. The minimum Gasteiger partial charge on any atom is -0.478 e. The number of aryl methyl sites for hydroxylation is 1. The molecule has 3 rings (SSSR count). The van der Waals surface area contributed by atoms with Crippen LogP contribution < -0.4 is 10.5 Å². The molecule has 3 aromatic rings. The first kappa shape index (κ1) is 15.1. The molecule has 2 aromatic heterocycles. The maximum atomic E-state index is 13.4. The maximum absolute atomic E-state index is 13.4. The smallest absolute Gasteiger partial charge is 0.450 e. The number of benzene rings is 1. The van der Waals surface area contributed by atoms with Crippen molar-refractivity contribution in [2.24, 2.45) is 0 Å². The summed E-state index contributed by atoms with van der Waals surface area (Å²) in [6, 6.07) is 6.62. The molecule has 0 unspecified atom stereocenters. The Bertz CT molecular complexity index is 888. The highest BCUT2D eigenvalue weighted by Gasteiger charge is 2.39. The van der Waals surface area contributed by atoms with Crippen molar-refractivity contribution in [2.75, 3.05) is 12.8 Å². The number of hydrogen-bond acceptors (Lipinski definition) is 5. The van der Waals surface area contributed by atoms with Gasteiger partial charge in [0.1, 0.15) is 0 Å². The van der Waals surface area contributed by atoms with E-state index in [1.165, 1.54) is 7.11 Å². The van der Waals surface area contributed by atoms with Crippen LogP contribution in [-0.4, -0.2) is 26.6 Å². The van der Waals surface area contributed by atoms with Gasteiger partial charge in [0.2, 0.25) is 11.5 Å². The molecule has 0 aliphatic rings. The third-order valence-electron chi connectivity index (χ3n) is 3.29. The van der Waals surface area contributed by atoms with Crippen molar-refractivity contribution < 1.29 is 17.9 Å². The number of alkyl halides is 3. The van der Waals surface area contributed by atoms with E-state index in [1.54, 1.807) is 31.2 Å². The molecule has 1 aromatic carbocycles. The number of nitrogens with two attached hydrogens (primary N) is 1. The van der Waals surface area contributed by atoms with E-state index in [-0.39, 0.29) is 23.0 Å². The van der Waals surface area contributed by atoms with Crippen molar-refractivity contribution >= 4 is 17.1 Å². The lowest BCUT2D eigenvalue weighted by molar-refractivity contribution is -0.145. The lowest BCUT2D eigenvalue weighted by Gasteiger charge is -2.13. The van der Waals surface area contributed by atoms with Gasteiger partial charge in [0.15, 0.2) is 11.5 Å². The Labute approximate surface area is 128 Å². The summed E-state index contributed by atoms with van der Waals surface area (Å²) >= 11 is 0. The number of para-hydroxylation sites is 1. The Morgan fingerprint density at radius 2 is 1.83 bits per heavy atom. The zero-order valence-electron chi connectivity index (χ0n) is 12.2. The SMILES string of the molecule is COc1nc2c(nc1N)nc(C(F)(F)F)n2-c1ccccc1C. The number of anilines is 1. The Balaban J connectivity index is 2.43. The first-order chi connectivity index (χ1) is 10.8. The number of nitrogen functional groups attached to an aromatic ring is 1. The van der Waals surface area contributed by atoms with Crippen LogP contribution in [0.2, 0.25) is 0 Å². The molecule has 6 nitrogen and oxygen atoms in total. The number of aromatic nitrogens is 4. The lowest BCUT2D eigenvalue weighted by Crippen LogP contribution is -2.14. The van der Waals surface area contributed by atoms with E-state index in [0.717, 1.165) is 4.57 Å². The van der Waals surface area contributed by atoms with Gasteiger partial charge in [-0.15, -0.1) is 0 Å². The van der Waals surface area contributed by atoms with E-state index in [2.05, 4.69) is 15.0 Å². The largest absolute Gasteiger partial charge is 0.478 e. The van der Waals surface area contributed by atoms with Gasteiger partial charge < -0.3 is 10.5 Å². The van der Waals surface area contributed by atoms with Crippen LogP contribution in [0.25, 0.3) is 17.0 Å². The second-order valence-corrected chi connectivity index (χ2v) is 4.82. The zero-order valence-corrected chi connectivity index (χ0v) is 12.2. The number of ether oxygens (including phenoxy) is 1. The molecule has 0 spiro atoms. The van der Waals surface area contributed by atoms with Crippen LogP contribution in [0.3, 0.4) is 0 Å². The van der Waals surface area contributed by atoms with Crippen molar-refractivity contribution in [3.63, 3.8) is 0 Å². The molecule has 2 N–H and O–H groups in total. The van der Waals surface area contributed by atoms with E-state index in [9.17, 15) is 13.2 Å². The van der Waals surface area contributed by atoms with Gasteiger partial charge in [-0.1, -0.05) is 18.2 Å². The summed E-state index contributed by atoms with van der Waals surface area (Å²) in [5.41, 5.74) is 6.28. The van der Waals surface area contributed by atoms with Gasteiger partial charge in [0, 0.05) is 0 Å². The molecule has 23 heavy (non-hydrogen) atoms. The van der Waals surface area contributed by atoms with Crippen LogP contribution >= 0.6 is 0 Å². The average Bonchev–Trinajstić information content (AvgIpc) is 2.85. The van der Waals surface area contributed by atoms with Crippen LogP contribution in [0.5, 0.6) is 5.88 Å². The van der Waals surface area contributed by atoms with Gasteiger partial charge in [-0.2, -0.15) is 18.2 Å². The molecule has 2 heterocycles. The number of fused-ring (bicyclic) bond motifs is 1. The van der Waals surface area contributed by atoms with E-state index < -0.39 is 12.0 Å². The second-order valence-electron chi connectivity index (χ2n) is 4.82. The van der Waals surface area contributed by atoms with E-state index >= 15 is 0 Å². The van der Waals surface area contributed by atoms with Gasteiger partial charge in [-0.05, 0) is 18.6 Å². The van der Waals surface area contributed by atoms with E-state index in [1.807, 2.05) is 0 Å². The molecule has 0 bridgehead atoms. The summed E-state index contributed by atoms with van der Waals surface area (Å²) in [6.07, 6.45) is -4.67. The number of nitrogens with zero attached hydrogens (tertiary/aromatic N) is 4. The predicted molar refractivity (Wildman–Crippen MR) is 77.4 cm³/mol. The number of rotatable bonds is 2. The third-order valence-corrected chi connectivity index (χ3v) is 3.29. The lowest BCUT2D eigenvalue weighted by atomic mass is 10.2. The summed E-state index contributed by atoms with van der Waals surface area (Å²) in [5, 5.41) is 0. The van der Waals surface area contributed by atoms with Crippen molar-refractivity contribution in [1.82, 2.24) is 19.5 Å². The summed E-state index contributed by atoms with van der Waals surface area (Å²) in [5.74, 6) is -1.29. The van der Waals surface area contributed by atoms with Crippen molar-refractivity contribution in [1.29, 1.82) is 0 Å². The summed E-state index contributed by atoms with van der Waals surface area (Å²) in [7, 11) is 1.31. The monoisotopic (exact) mass is 323 g/mol. The summed E-state index contributed by atoms with van der Waals surface area (Å²) < 4.78 is 46.0. The fraction of sp³-hybridized carbons (Fsp3) is 0.214. The van der Waals surface area contributed by atoms with Gasteiger partial charge in [0.25, 0.3) is 5.88 Å². The van der Waals surface area contributed by atoms with Crippen LogP contribution in [0, 0.1) is 6.92 Å². The molecule has 0 saturated carbocycles. The third kappa shape index (κ3) is 2.43. The molecule has 0 saturated heterocycles. The van der Waals surface area contributed by atoms with Crippen LogP contribution in [-0.2, 0) is 6.18 Å². The highest BCUT2D eigenvalue weighted by molar-refractivity contribution is 5.74. The fourth-order valence-electron chi connectivity index (χ4n) is 2.27. The average molecular weight is 323 g/mol. The Morgan fingerprint density at radius 1 is 1.13 bits per heavy atom. The Hall–Kier alpha value is -2.84. The molecule has 0 atom stereocenters. The normalized spacial score (nSPS) is 11.9. The van der Waals surface area contributed by atoms with Crippen LogP contribution in [0.15, 0.2) is 24.3 Å². The fourth-order valence-corrected chi connectivity index (χ4v) is 2.27. The minimum atomic E-state index is -4.67. The molecule has 9 heteroatoms. The van der Waals surface area contributed by atoms with Crippen molar-refractivity contribution in [2.45, 2.75) is 13.1 Å². The number of imidazole rings is 1. The van der Waals surface area contributed by atoms with Gasteiger partial charge in [-0.25, -0.2) is 9.97 Å². The number of methoxy groups -OCH3 is 1. The highest BCUT2D eigenvalue weighted by Crippen LogP contribution is 2.34. The van der Waals surface area contributed by atoms with Crippen molar-refractivity contribution in [3.8, 4) is 11.6 Å². The number of halogens is 3. The van der Waals surface area contributed by atoms with Gasteiger partial charge in [-0.3, -0.25) is 4.57 Å². The van der Waals surface area contributed by atoms with Crippen LogP contribution in [0.1, 0.15) is 11.4 Å². The first-order valence-electron chi connectivity index (χ1n) is 6.56. The maximum Gasteiger partial charge on any atom is 0.450 e. The molecule has 0 aliphatic carbocycles. The van der Waals surface area contributed by atoms with E-state index in [0.29, 0.717) is 11.3 Å².